The molecule has 1 rings (SSSR count). The van der Waals surface area contributed by atoms with E-state index < -0.39 is 0 Å². The molecule has 0 aliphatic rings. The molecule has 0 aliphatic carbocycles. The highest BCUT2D eigenvalue weighted by atomic mass is 16.5. The van der Waals surface area contributed by atoms with Crippen LogP contribution < -0.4 is 5.73 Å². The van der Waals surface area contributed by atoms with Crippen LogP contribution in [0.4, 0.5) is 0 Å². The molecule has 5 heteroatoms. The zero-order chi connectivity index (χ0) is 11.3. The number of aryl methyl sites for hydroxylation is 1. The standard InChI is InChI=1S/C10H17N3O2/c1-3-13-9(5-6-12-13)8(11)7-10(14)15-4-2/h5-6,8H,3-4,7,11H2,1-2H3/t8-/m0/s1. The van der Waals surface area contributed by atoms with Crippen LogP contribution >= 0.6 is 0 Å². The van der Waals surface area contributed by atoms with Gasteiger partial charge in [0.1, 0.15) is 0 Å². The molecule has 0 amide bonds. The zero-order valence-corrected chi connectivity index (χ0v) is 9.14. The third-order valence-electron chi connectivity index (χ3n) is 2.12. The smallest absolute Gasteiger partial charge is 0.307 e. The Morgan fingerprint density at radius 3 is 3.00 bits per heavy atom. The first-order valence-electron chi connectivity index (χ1n) is 5.11. The summed E-state index contributed by atoms with van der Waals surface area (Å²) in [5.41, 5.74) is 6.75. The van der Waals surface area contributed by atoms with Crippen LogP contribution in [0.15, 0.2) is 12.3 Å². The van der Waals surface area contributed by atoms with Gasteiger partial charge in [-0.1, -0.05) is 0 Å². The van der Waals surface area contributed by atoms with E-state index in [2.05, 4.69) is 5.10 Å². The van der Waals surface area contributed by atoms with E-state index in [-0.39, 0.29) is 18.4 Å². The summed E-state index contributed by atoms with van der Waals surface area (Å²) in [6.45, 7) is 4.89. The van der Waals surface area contributed by atoms with Crippen molar-refractivity contribution >= 4 is 5.97 Å². The molecule has 5 nitrogen and oxygen atoms in total. The zero-order valence-electron chi connectivity index (χ0n) is 9.14. The molecule has 0 bridgehead atoms. The Bertz CT molecular complexity index is 322. The highest BCUT2D eigenvalue weighted by Gasteiger charge is 2.15. The SMILES string of the molecule is CCOC(=O)C[C@H](N)c1ccnn1CC. The van der Waals surface area contributed by atoms with E-state index in [4.69, 9.17) is 10.5 Å². The first-order chi connectivity index (χ1) is 7.19. The predicted molar refractivity (Wildman–Crippen MR) is 56.1 cm³/mol. The molecule has 0 saturated carbocycles. The number of aromatic nitrogens is 2. The maximum atomic E-state index is 11.2. The monoisotopic (exact) mass is 211 g/mol. The van der Waals surface area contributed by atoms with Gasteiger partial charge in [-0.25, -0.2) is 0 Å². The van der Waals surface area contributed by atoms with Crippen molar-refractivity contribution in [3.63, 3.8) is 0 Å². The molecule has 1 aromatic rings. The summed E-state index contributed by atoms with van der Waals surface area (Å²) < 4.78 is 6.62. The first kappa shape index (κ1) is 11.7. The molecule has 1 heterocycles. The van der Waals surface area contributed by atoms with Crippen molar-refractivity contribution in [2.45, 2.75) is 32.9 Å². The normalized spacial score (nSPS) is 12.5. The third-order valence-corrected chi connectivity index (χ3v) is 2.12. The van der Waals surface area contributed by atoms with Gasteiger partial charge < -0.3 is 10.5 Å². The maximum Gasteiger partial charge on any atom is 0.307 e. The molecule has 0 spiro atoms. The molecule has 0 aromatic carbocycles. The highest BCUT2D eigenvalue weighted by Crippen LogP contribution is 2.13. The fourth-order valence-corrected chi connectivity index (χ4v) is 1.43. The van der Waals surface area contributed by atoms with Crippen LogP contribution in [0, 0.1) is 0 Å². The molecular formula is C10H17N3O2. The average molecular weight is 211 g/mol. The molecule has 0 fully saturated rings. The Balaban J connectivity index is 2.60. The quantitative estimate of drug-likeness (QED) is 0.733. The van der Waals surface area contributed by atoms with Crippen molar-refractivity contribution in [2.24, 2.45) is 5.73 Å². The molecule has 1 atom stereocenters. The number of hydrogen-bond donors (Lipinski definition) is 1. The van der Waals surface area contributed by atoms with Crippen molar-refractivity contribution in [3.05, 3.63) is 18.0 Å². The summed E-state index contributed by atoms with van der Waals surface area (Å²) in [4.78, 5) is 11.2. The fraction of sp³-hybridized carbons (Fsp3) is 0.600. The summed E-state index contributed by atoms with van der Waals surface area (Å²) in [5, 5.41) is 4.09. The number of rotatable bonds is 5. The van der Waals surface area contributed by atoms with Crippen molar-refractivity contribution in [1.29, 1.82) is 0 Å². The van der Waals surface area contributed by atoms with Gasteiger partial charge in [0.25, 0.3) is 0 Å². The minimum Gasteiger partial charge on any atom is -0.466 e. The molecule has 15 heavy (non-hydrogen) atoms. The minimum atomic E-state index is -0.341. The summed E-state index contributed by atoms with van der Waals surface area (Å²) in [6, 6.07) is 1.49. The van der Waals surface area contributed by atoms with E-state index in [1.165, 1.54) is 0 Å². The first-order valence-corrected chi connectivity index (χ1v) is 5.11. The lowest BCUT2D eigenvalue weighted by molar-refractivity contribution is -0.143. The number of carbonyl (C=O) groups excluding carboxylic acids is 1. The average Bonchev–Trinajstić information content (AvgIpc) is 2.65. The minimum absolute atomic E-state index is 0.194. The van der Waals surface area contributed by atoms with Gasteiger partial charge in [-0.3, -0.25) is 9.48 Å². The lowest BCUT2D eigenvalue weighted by atomic mass is 10.1. The van der Waals surface area contributed by atoms with Gasteiger partial charge in [0.05, 0.1) is 24.8 Å². The van der Waals surface area contributed by atoms with E-state index in [1.807, 2.05) is 13.0 Å². The number of nitrogens with zero attached hydrogens (tertiary/aromatic N) is 2. The van der Waals surface area contributed by atoms with Gasteiger partial charge in [-0.05, 0) is 19.9 Å². The Morgan fingerprint density at radius 1 is 1.67 bits per heavy atom. The van der Waals surface area contributed by atoms with Crippen LogP contribution in [-0.2, 0) is 16.1 Å². The number of hydrogen-bond acceptors (Lipinski definition) is 4. The lowest BCUT2D eigenvalue weighted by Crippen LogP contribution is -2.20. The molecule has 2 N–H and O–H groups in total. The second-order valence-electron chi connectivity index (χ2n) is 3.19. The number of carbonyl (C=O) groups is 1. The summed E-state index contributed by atoms with van der Waals surface area (Å²) in [6.07, 6.45) is 1.88. The van der Waals surface area contributed by atoms with Gasteiger partial charge >= 0.3 is 5.97 Å². The topological polar surface area (TPSA) is 70.1 Å². The van der Waals surface area contributed by atoms with E-state index in [9.17, 15) is 4.79 Å². The van der Waals surface area contributed by atoms with Crippen molar-refractivity contribution in [3.8, 4) is 0 Å². The molecule has 0 unspecified atom stereocenters. The van der Waals surface area contributed by atoms with Crippen LogP contribution in [0.5, 0.6) is 0 Å². The predicted octanol–water partition coefficient (Wildman–Crippen LogP) is 0.856. The van der Waals surface area contributed by atoms with Gasteiger partial charge in [-0.15, -0.1) is 0 Å². The Hall–Kier alpha value is -1.36. The van der Waals surface area contributed by atoms with Gasteiger partial charge in [-0.2, -0.15) is 5.10 Å². The van der Waals surface area contributed by atoms with E-state index in [0.717, 1.165) is 12.2 Å². The van der Waals surface area contributed by atoms with Crippen molar-refractivity contribution in [2.75, 3.05) is 6.61 Å². The summed E-state index contributed by atoms with van der Waals surface area (Å²) in [5.74, 6) is -0.270. The number of ether oxygens (including phenoxy) is 1. The second kappa shape index (κ2) is 5.50. The molecular weight excluding hydrogens is 194 g/mol. The van der Waals surface area contributed by atoms with Gasteiger partial charge in [0, 0.05) is 12.7 Å². The summed E-state index contributed by atoms with van der Waals surface area (Å²) >= 11 is 0. The van der Waals surface area contributed by atoms with E-state index >= 15 is 0 Å². The largest absolute Gasteiger partial charge is 0.466 e. The maximum absolute atomic E-state index is 11.2. The number of nitrogens with two attached hydrogens (primary N) is 1. The van der Waals surface area contributed by atoms with Gasteiger partial charge in [0.15, 0.2) is 0 Å². The Morgan fingerprint density at radius 2 is 2.40 bits per heavy atom. The molecule has 0 saturated heterocycles. The third kappa shape index (κ3) is 3.06. The highest BCUT2D eigenvalue weighted by molar-refractivity contribution is 5.70. The molecule has 0 aliphatic heterocycles. The second-order valence-corrected chi connectivity index (χ2v) is 3.19. The fourth-order valence-electron chi connectivity index (χ4n) is 1.43. The Labute approximate surface area is 89.2 Å². The van der Waals surface area contributed by atoms with Crippen molar-refractivity contribution < 1.29 is 9.53 Å². The van der Waals surface area contributed by atoms with Crippen LogP contribution in [0.1, 0.15) is 32.0 Å². The number of esters is 1. The van der Waals surface area contributed by atoms with E-state index in [0.29, 0.717) is 6.61 Å². The lowest BCUT2D eigenvalue weighted by Gasteiger charge is -2.12. The van der Waals surface area contributed by atoms with Crippen molar-refractivity contribution in [1.82, 2.24) is 9.78 Å². The van der Waals surface area contributed by atoms with Crippen LogP contribution in [0.2, 0.25) is 0 Å². The molecule has 0 radical (unpaired) electrons. The van der Waals surface area contributed by atoms with Gasteiger partial charge in [0.2, 0.25) is 0 Å². The van der Waals surface area contributed by atoms with Crippen LogP contribution in [0.3, 0.4) is 0 Å². The van der Waals surface area contributed by atoms with E-state index in [1.54, 1.807) is 17.8 Å². The molecule has 1 aromatic heterocycles. The Kier molecular flexibility index (Phi) is 4.30. The summed E-state index contributed by atoms with van der Waals surface area (Å²) in [7, 11) is 0. The van der Waals surface area contributed by atoms with Crippen LogP contribution in [0.25, 0.3) is 0 Å². The molecule has 84 valence electrons. The van der Waals surface area contributed by atoms with Crippen LogP contribution in [-0.4, -0.2) is 22.4 Å².